The molecule has 1 aliphatic carbocycles. The molecule has 1 fully saturated rings. The Morgan fingerprint density at radius 2 is 1.95 bits per heavy atom. The second kappa shape index (κ2) is 6.41. The third-order valence-electron chi connectivity index (χ3n) is 3.56. The summed E-state index contributed by atoms with van der Waals surface area (Å²) in [4.78, 5) is 22.9. The van der Waals surface area contributed by atoms with Crippen LogP contribution in [-0.2, 0) is 9.59 Å². The van der Waals surface area contributed by atoms with Gasteiger partial charge in [0.25, 0.3) is 0 Å². The lowest BCUT2D eigenvalue weighted by Crippen LogP contribution is -2.59. The number of amides is 1. The van der Waals surface area contributed by atoms with Crippen LogP contribution in [0.1, 0.15) is 32.1 Å². The zero-order valence-electron chi connectivity index (χ0n) is 11.3. The van der Waals surface area contributed by atoms with E-state index in [-0.39, 0.29) is 12.3 Å². The Kier molecular flexibility index (Phi) is 4.61. The molecule has 1 amide bonds. The molecule has 1 aromatic rings. The van der Waals surface area contributed by atoms with Gasteiger partial charge in [-0.15, -0.1) is 0 Å². The van der Waals surface area contributed by atoms with Gasteiger partial charge in [-0.3, -0.25) is 4.79 Å². The van der Waals surface area contributed by atoms with Crippen LogP contribution in [-0.4, -0.2) is 29.1 Å². The van der Waals surface area contributed by atoms with Gasteiger partial charge in [-0.05, 0) is 37.8 Å². The molecule has 1 aromatic carbocycles. The summed E-state index contributed by atoms with van der Waals surface area (Å²) < 4.78 is 5.48. The maximum Gasteiger partial charge on any atom is 0.329 e. The number of hydrogen-bond donors (Lipinski definition) is 2. The van der Waals surface area contributed by atoms with Crippen LogP contribution in [0.15, 0.2) is 30.3 Å². The fourth-order valence-electron chi connectivity index (χ4n) is 2.19. The Morgan fingerprint density at radius 3 is 2.50 bits per heavy atom. The molecule has 0 atom stereocenters. The smallest absolute Gasteiger partial charge is 0.329 e. The molecule has 0 bridgehead atoms. The molecule has 0 radical (unpaired) electrons. The van der Waals surface area contributed by atoms with Gasteiger partial charge in [0.05, 0.1) is 6.61 Å². The fourth-order valence-corrected chi connectivity index (χ4v) is 2.19. The Hall–Kier alpha value is -2.04. The first kappa shape index (κ1) is 14.4. The number of para-hydroxylation sites is 1. The standard InChI is InChI=1S/C15H19NO4/c17-13(16-15(14(18)19)9-5-10-15)8-4-11-20-12-6-2-1-3-7-12/h1-3,6-7H,4-5,8-11H2,(H,16,17)(H,18,19). The largest absolute Gasteiger partial charge is 0.494 e. The zero-order valence-corrected chi connectivity index (χ0v) is 11.3. The average Bonchev–Trinajstić information content (AvgIpc) is 2.40. The summed E-state index contributed by atoms with van der Waals surface area (Å²) in [5.41, 5.74) is -1.02. The molecule has 2 rings (SSSR count). The Labute approximate surface area is 117 Å². The van der Waals surface area contributed by atoms with Crippen LogP contribution in [0.4, 0.5) is 0 Å². The number of benzene rings is 1. The predicted molar refractivity (Wildman–Crippen MR) is 73.5 cm³/mol. The van der Waals surface area contributed by atoms with Gasteiger partial charge < -0.3 is 15.2 Å². The number of aliphatic carboxylic acids is 1. The summed E-state index contributed by atoms with van der Waals surface area (Å²) in [5, 5.41) is 11.7. The number of carbonyl (C=O) groups excluding carboxylic acids is 1. The fraction of sp³-hybridized carbons (Fsp3) is 0.467. The second-order valence-electron chi connectivity index (χ2n) is 5.05. The van der Waals surface area contributed by atoms with Crippen molar-refractivity contribution in [3.63, 3.8) is 0 Å². The van der Waals surface area contributed by atoms with E-state index in [1.54, 1.807) is 0 Å². The van der Waals surface area contributed by atoms with Crippen LogP contribution in [0.3, 0.4) is 0 Å². The molecule has 1 aliphatic rings. The normalized spacial score (nSPS) is 16.0. The molecule has 0 aromatic heterocycles. The first-order chi connectivity index (χ1) is 9.62. The van der Waals surface area contributed by atoms with Gasteiger partial charge in [-0.2, -0.15) is 0 Å². The van der Waals surface area contributed by atoms with Crippen molar-refractivity contribution in [2.75, 3.05) is 6.61 Å². The molecule has 5 nitrogen and oxygen atoms in total. The molecule has 1 saturated carbocycles. The molecule has 0 saturated heterocycles. The number of ether oxygens (including phenoxy) is 1. The predicted octanol–water partition coefficient (Wildman–Crippen LogP) is 1.97. The quantitative estimate of drug-likeness (QED) is 0.747. The minimum absolute atomic E-state index is 0.219. The maximum atomic E-state index is 11.7. The third-order valence-corrected chi connectivity index (χ3v) is 3.56. The van der Waals surface area contributed by atoms with E-state index in [1.165, 1.54) is 0 Å². The van der Waals surface area contributed by atoms with E-state index in [1.807, 2.05) is 30.3 Å². The number of rotatable bonds is 7. The molecule has 0 aliphatic heterocycles. The van der Waals surface area contributed by atoms with Crippen LogP contribution in [0, 0.1) is 0 Å². The highest BCUT2D eigenvalue weighted by Gasteiger charge is 2.45. The number of carbonyl (C=O) groups is 2. The molecule has 5 heteroatoms. The molecule has 0 heterocycles. The van der Waals surface area contributed by atoms with Crippen LogP contribution in [0.25, 0.3) is 0 Å². The minimum atomic E-state index is -1.02. The Morgan fingerprint density at radius 1 is 1.25 bits per heavy atom. The SMILES string of the molecule is O=C(CCCOc1ccccc1)NC1(C(=O)O)CCC1. The van der Waals surface area contributed by atoms with E-state index in [4.69, 9.17) is 9.84 Å². The van der Waals surface area contributed by atoms with Gasteiger partial charge in [0.1, 0.15) is 11.3 Å². The molecule has 108 valence electrons. The van der Waals surface area contributed by atoms with Crippen LogP contribution in [0.2, 0.25) is 0 Å². The Bertz CT molecular complexity index is 468. The van der Waals surface area contributed by atoms with E-state index >= 15 is 0 Å². The van der Waals surface area contributed by atoms with Crippen molar-refractivity contribution >= 4 is 11.9 Å². The van der Waals surface area contributed by atoms with Crippen molar-refractivity contribution in [3.8, 4) is 5.75 Å². The number of carboxylic acids is 1. The summed E-state index contributed by atoms with van der Waals surface area (Å²) in [6, 6.07) is 9.39. The topological polar surface area (TPSA) is 75.6 Å². The molecule has 0 spiro atoms. The summed E-state index contributed by atoms with van der Waals surface area (Å²) >= 11 is 0. The number of carboxylic acid groups (broad SMARTS) is 1. The third kappa shape index (κ3) is 3.50. The molecular formula is C15H19NO4. The van der Waals surface area contributed by atoms with Crippen molar-refractivity contribution in [3.05, 3.63) is 30.3 Å². The summed E-state index contributed by atoms with van der Waals surface area (Å²) in [6.45, 7) is 0.442. The average molecular weight is 277 g/mol. The van der Waals surface area contributed by atoms with Gasteiger partial charge in [0.15, 0.2) is 0 Å². The molecule has 0 unspecified atom stereocenters. The second-order valence-corrected chi connectivity index (χ2v) is 5.05. The lowest BCUT2D eigenvalue weighted by atomic mass is 9.76. The van der Waals surface area contributed by atoms with Gasteiger partial charge in [-0.25, -0.2) is 4.79 Å². The van der Waals surface area contributed by atoms with E-state index in [2.05, 4.69) is 5.32 Å². The van der Waals surface area contributed by atoms with Gasteiger partial charge >= 0.3 is 5.97 Å². The minimum Gasteiger partial charge on any atom is -0.494 e. The number of hydrogen-bond acceptors (Lipinski definition) is 3. The highest BCUT2D eigenvalue weighted by Crippen LogP contribution is 2.32. The summed E-state index contributed by atoms with van der Waals surface area (Å²) in [6.07, 6.45) is 2.74. The summed E-state index contributed by atoms with van der Waals surface area (Å²) in [7, 11) is 0. The van der Waals surface area contributed by atoms with Crippen LogP contribution < -0.4 is 10.1 Å². The maximum absolute atomic E-state index is 11.7. The van der Waals surface area contributed by atoms with Crippen molar-refractivity contribution in [2.24, 2.45) is 0 Å². The zero-order chi connectivity index (χ0) is 14.4. The lowest BCUT2D eigenvalue weighted by molar-refractivity contribution is -0.151. The first-order valence-corrected chi connectivity index (χ1v) is 6.85. The van der Waals surface area contributed by atoms with Crippen LogP contribution >= 0.6 is 0 Å². The Balaban J connectivity index is 1.67. The van der Waals surface area contributed by atoms with Crippen molar-refractivity contribution in [1.29, 1.82) is 0 Å². The van der Waals surface area contributed by atoms with Gasteiger partial charge in [-0.1, -0.05) is 18.2 Å². The summed E-state index contributed by atoms with van der Waals surface area (Å²) in [5.74, 6) is -0.379. The molecule has 20 heavy (non-hydrogen) atoms. The highest BCUT2D eigenvalue weighted by molar-refractivity contribution is 5.87. The van der Waals surface area contributed by atoms with Crippen LogP contribution in [0.5, 0.6) is 5.75 Å². The lowest BCUT2D eigenvalue weighted by Gasteiger charge is -2.38. The number of nitrogens with one attached hydrogen (secondary N) is 1. The van der Waals surface area contributed by atoms with Gasteiger partial charge in [0.2, 0.25) is 5.91 Å². The van der Waals surface area contributed by atoms with E-state index in [0.29, 0.717) is 25.9 Å². The molecular weight excluding hydrogens is 258 g/mol. The van der Waals surface area contributed by atoms with E-state index in [0.717, 1.165) is 12.2 Å². The highest BCUT2D eigenvalue weighted by atomic mass is 16.5. The van der Waals surface area contributed by atoms with E-state index < -0.39 is 11.5 Å². The van der Waals surface area contributed by atoms with Crippen molar-refractivity contribution in [1.82, 2.24) is 5.32 Å². The monoisotopic (exact) mass is 277 g/mol. The van der Waals surface area contributed by atoms with Crippen molar-refractivity contribution in [2.45, 2.75) is 37.6 Å². The first-order valence-electron chi connectivity index (χ1n) is 6.85. The molecule has 2 N–H and O–H groups in total. The van der Waals surface area contributed by atoms with Gasteiger partial charge in [0, 0.05) is 6.42 Å². The van der Waals surface area contributed by atoms with E-state index in [9.17, 15) is 9.59 Å². The van der Waals surface area contributed by atoms with Crippen molar-refractivity contribution < 1.29 is 19.4 Å².